The molecule has 0 radical (unpaired) electrons. The quantitative estimate of drug-likeness (QED) is 0.821. The van der Waals surface area contributed by atoms with Crippen LogP contribution in [0.2, 0.25) is 0 Å². The molecule has 0 heterocycles. The van der Waals surface area contributed by atoms with Crippen LogP contribution in [-0.4, -0.2) is 37.0 Å². The van der Waals surface area contributed by atoms with Crippen LogP contribution in [0.25, 0.3) is 0 Å². The van der Waals surface area contributed by atoms with Gasteiger partial charge in [-0.15, -0.1) is 0 Å². The molecular formula is C16H25N3OS. The van der Waals surface area contributed by atoms with Crippen LogP contribution in [0, 0.1) is 0 Å². The Morgan fingerprint density at radius 2 is 2.19 bits per heavy atom. The highest BCUT2D eigenvalue weighted by molar-refractivity contribution is 7.99. The van der Waals surface area contributed by atoms with Crippen LogP contribution in [0.3, 0.4) is 0 Å². The topological polar surface area (TPSA) is 58.4 Å². The Hall–Kier alpha value is -1.36. The van der Waals surface area contributed by atoms with Crippen molar-refractivity contribution in [1.82, 2.24) is 5.32 Å². The fourth-order valence-corrected chi connectivity index (χ4v) is 4.06. The van der Waals surface area contributed by atoms with Gasteiger partial charge in [0.1, 0.15) is 0 Å². The summed E-state index contributed by atoms with van der Waals surface area (Å²) in [4.78, 5) is 14.3. The summed E-state index contributed by atoms with van der Waals surface area (Å²) in [6.45, 7) is 2.17. The molecule has 0 bridgehead atoms. The second-order valence-corrected chi connectivity index (χ2v) is 7.19. The molecule has 0 aliphatic heterocycles. The zero-order valence-electron chi connectivity index (χ0n) is 13.1. The highest BCUT2D eigenvalue weighted by Gasteiger charge is 2.28. The van der Waals surface area contributed by atoms with Crippen molar-refractivity contribution < 1.29 is 4.79 Å². The van der Waals surface area contributed by atoms with Gasteiger partial charge >= 0.3 is 0 Å². The standard InChI is InChI=1S/C16H25N3OS/c1-4-21-15-7-5-6-13(15)18-16(20)11-8-9-14(19(2)3)12(17)10-11/h8-10,13,15H,4-7,17H2,1-3H3,(H,18,20). The van der Waals surface area contributed by atoms with Crippen LogP contribution in [0.4, 0.5) is 11.4 Å². The molecule has 0 aromatic heterocycles. The van der Waals surface area contributed by atoms with Crippen LogP contribution in [0.1, 0.15) is 36.5 Å². The number of nitrogen functional groups attached to an aromatic ring is 1. The fourth-order valence-electron chi connectivity index (χ4n) is 2.86. The summed E-state index contributed by atoms with van der Waals surface area (Å²) in [5.74, 6) is 1.09. The summed E-state index contributed by atoms with van der Waals surface area (Å²) < 4.78 is 0. The molecule has 116 valence electrons. The largest absolute Gasteiger partial charge is 0.397 e. The summed E-state index contributed by atoms with van der Waals surface area (Å²) in [5, 5.41) is 3.73. The van der Waals surface area contributed by atoms with Crippen LogP contribution in [0.15, 0.2) is 18.2 Å². The molecule has 1 aliphatic carbocycles. The van der Waals surface area contributed by atoms with Crippen molar-refractivity contribution in [3.05, 3.63) is 23.8 Å². The Balaban J connectivity index is 2.05. The van der Waals surface area contributed by atoms with Gasteiger partial charge < -0.3 is 16.0 Å². The Morgan fingerprint density at radius 3 is 2.81 bits per heavy atom. The number of hydrogen-bond acceptors (Lipinski definition) is 4. The minimum absolute atomic E-state index is 0.0133. The molecule has 2 atom stereocenters. The van der Waals surface area contributed by atoms with E-state index in [1.807, 2.05) is 42.9 Å². The van der Waals surface area contributed by atoms with Crippen molar-refractivity contribution >= 4 is 29.0 Å². The van der Waals surface area contributed by atoms with Crippen molar-refractivity contribution in [1.29, 1.82) is 0 Å². The summed E-state index contributed by atoms with van der Waals surface area (Å²) in [6.07, 6.45) is 3.48. The van der Waals surface area contributed by atoms with E-state index in [1.54, 1.807) is 6.07 Å². The second-order valence-electron chi connectivity index (χ2n) is 5.67. The van der Waals surface area contributed by atoms with Gasteiger partial charge in [-0.3, -0.25) is 4.79 Å². The third-order valence-corrected chi connectivity index (χ3v) is 5.25. The van der Waals surface area contributed by atoms with Gasteiger partial charge in [0.05, 0.1) is 11.4 Å². The van der Waals surface area contributed by atoms with Gasteiger partial charge in [0.25, 0.3) is 5.91 Å². The predicted octanol–water partition coefficient (Wildman–Crippen LogP) is 2.74. The molecule has 1 saturated carbocycles. The van der Waals surface area contributed by atoms with Crippen LogP contribution in [-0.2, 0) is 0 Å². The first-order valence-corrected chi connectivity index (χ1v) is 8.57. The van der Waals surface area contributed by atoms with Crippen molar-refractivity contribution in [2.45, 2.75) is 37.5 Å². The SMILES string of the molecule is CCSC1CCCC1NC(=O)c1ccc(N(C)C)c(N)c1. The van der Waals surface area contributed by atoms with E-state index in [0.29, 0.717) is 16.5 Å². The van der Waals surface area contributed by atoms with Crippen molar-refractivity contribution in [2.75, 3.05) is 30.5 Å². The predicted molar refractivity (Wildman–Crippen MR) is 92.2 cm³/mol. The molecule has 1 aromatic rings. The van der Waals surface area contributed by atoms with Crippen molar-refractivity contribution in [3.63, 3.8) is 0 Å². The van der Waals surface area contributed by atoms with Crippen LogP contribution < -0.4 is 16.0 Å². The van der Waals surface area contributed by atoms with Crippen LogP contribution in [0.5, 0.6) is 0 Å². The average Bonchev–Trinajstić information content (AvgIpc) is 2.86. The molecule has 0 spiro atoms. The average molecular weight is 307 g/mol. The maximum absolute atomic E-state index is 12.4. The highest BCUT2D eigenvalue weighted by Crippen LogP contribution is 2.30. The summed E-state index contributed by atoms with van der Waals surface area (Å²) >= 11 is 1.95. The van der Waals surface area contributed by atoms with Gasteiger partial charge in [-0.25, -0.2) is 0 Å². The fraction of sp³-hybridized carbons (Fsp3) is 0.562. The smallest absolute Gasteiger partial charge is 0.251 e. The molecule has 2 rings (SSSR count). The van der Waals surface area contributed by atoms with E-state index in [-0.39, 0.29) is 11.9 Å². The molecule has 5 heteroatoms. The van der Waals surface area contributed by atoms with E-state index in [9.17, 15) is 4.79 Å². The van der Waals surface area contributed by atoms with Crippen molar-refractivity contribution in [3.8, 4) is 0 Å². The molecule has 0 saturated heterocycles. The van der Waals surface area contributed by atoms with Crippen molar-refractivity contribution in [2.24, 2.45) is 0 Å². The minimum Gasteiger partial charge on any atom is -0.397 e. The number of nitrogens with one attached hydrogen (secondary N) is 1. The lowest BCUT2D eigenvalue weighted by atomic mass is 10.1. The highest BCUT2D eigenvalue weighted by atomic mass is 32.2. The first-order chi connectivity index (χ1) is 10.0. The third kappa shape index (κ3) is 3.84. The summed E-state index contributed by atoms with van der Waals surface area (Å²) in [5.41, 5.74) is 8.24. The van der Waals surface area contributed by atoms with E-state index in [0.717, 1.165) is 17.9 Å². The van der Waals surface area contributed by atoms with E-state index < -0.39 is 0 Å². The molecule has 2 unspecified atom stereocenters. The molecule has 1 fully saturated rings. The van der Waals surface area contributed by atoms with E-state index in [4.69, 9.17) is 5.73 Å². The Kier molecular flexibility index (Phi) is 5.39. The minimum atomic E-state index is -0.0133. The first kappa shape index (κ1) is 16.0. The van der Waals surface area contributed by atoms with Gasteiger partial charge in [-0.2, -0.15) is 11.8 Å². The Morgan fingerprint density at radius 1 is 1.43 bits per heavy atom. The number of amides is 1. The van der Waals surface area contributed by atoms with E-state index in [2.05, 4.69) is 12.2 Å². The first-order valence-electron chi connectivity index (χ1n) is 7.52. The molecule has 21 heavy (non-hydrogen) atoms. The van der Waals surface area contributed by atoms with Gasteiger partial charge in [-0.1, -0.05) is 13.3 Å². The lowest BCUT2D eigenvalue weighted by Gasteiger charge is -2.21. The molecule has 1 amide bonds. The molecule has 4 nitrogen and oxygen atoms in total. The number of nitrogens with two attached hydrogens (primary N) is 1. The molecule has 3 N–H and O–H groups in total. The number of rotatable bonds is 5. The number of thioether (sulfide) groups is 1. The van der Waals surface area contributed by atoms with E-state index >= 15 is 0 Å². The zero-order valence-corrected chi connectivity index (χ0v) is 13.9. The van der Waals surface area contributed by atoms with E-state index in [1.165, 1.54) is 12.8 Å². The number of benzene rings is 1. The summed E-state index contributed by atoms with van der Waals surface area (Å²) in [7, 11) is 3.88. The van der Waals surface area contributed by atoms with Gasteiger partial charge in [0, 0.05) is 31.0 Å². The second kappa shape index (κ2) is 7.07. The lowest BCUT2D eigenvalue weighted by Crippen LogP contribution is -2.38. The maximum atomic E-state index is 12.4. The number of nitrogens with zero attached hydrogens (tertiary/aromatic N) is 1. The Labute approximate surface area is 131 Å². The van der Waals surface area contributed by atoms with Gasteiger partial charge in [-0.05, 0) is 36.8 Å². The number of carbonyl (C=O) groups excluding carboxylic acids is 1. The van der Waals surface area contributed by atoms with Crippen LogP contribution >= 0.6 is 11.8 Å². The Bertz CT molecular complexity index is 504. The molecule has 1 aliphatic rings. The molecular weight excluding hydrogens is 282 g/mol. The third-order valence-electron chi connectivity index (χ3n) is 3.92. The van der Waals surface area contributed by atoms with Gasteiger partial charge in [0.15, 0.2) is 0 Å². The zero-order chi connectivity index (χ0) is 15.4. The lowest BCUT2D eigenvalue weighted by molar-refractivity contribution is 0.0938. The number of anilines is 2. The normalized spacial score (nSPS) is 21.3. The monoisotopic (exact) mass is 307 g/mol. The molecule has 1 aromatic carbocycles. The summed E-state index contributed by atoms with van der Waals surface area (Å²) in [6, 6.07) is 5.80. The van der Waals surface area contributed by atoms with Gasteiger partial charge in [0.2, 0.25) is 0 Å². The maximum Gasteiger partial charge on any atom is 0.251 e. The number of hydrogen-bond donors (Lipinski definition) is 2. The number of carbonyl (C=O) groups is 1.